The van der Waals surface area contributed by atoms with Gasteiger partial charge in [0.05, 0.1) is 17.4 Å². The number of hydrogen-bond donors (Lipinski definition) is 1. The van der Waals surface area contributed by atoms with Gasteiger partial charge in [-0.15, -0.1) is 11.3 Å². The van der Waals surface area contributed by atoms with E-state index in [9.17, 15) is 9.59 Å². The standard InChI is InChI=1S/C18H17N5O2S/c24-16(5-9-23-12-20-17-14(18(23)25)6-10-26-17)19-7-4-13-11-22-8-2-1-3-15(22)21-13/h1-3,6,8,10-12H,4-5,7,9H2,(H,19,24). The third-order valence-electron chi connectivity index (χ3n) is 4.15. The van der Waals surface area contributed by atoms with Crippen LogP contribution in [0.3, 0.4) is 0 Å². The van der Waals surface area contributed by atoms with Gasteiger partial charge in [0.1, 0.15) is 10.5 Å². The molecule has 0 spiro atoms. The molecule has 4 aromatic heterocycles. The summed E-state index contributed by atoms with van der Waals surface area (Å²) >= 11 is 1.43. The molecule has 0 unspecified atom stereocenters. The van der Waals surface area contributed by atoms with Crippen molar-refractivity contribution in [2.24, 2.45) is 0 Å². The lowest BCUT2D eigenvalue weighted by Gasteiger charge is -2.06. The molecule has 0 aliphatic rings. The van der Waals surface area contributed by atoms with Crippen LogP contribution in [-0.2, 0) is 17.8 Å². The molecule has 0 aliphatic heterocycles. The number of nitrogens with zero attached hydrogens (tertiary/aromatic N) is 4. The molecule has 0 saturated heterocycles. The lowest BCUT2D eigenvalue weighted by atomic mass is 10.3. The largest absolute Gasteiger partial charge is 0.356 e. The summed E-state index contributed by atoms with van der Waals surface area (Å²) in [5.41, 5.74) is 1.72. The zero-order valence-corrected chi connectivity index (χ0v) is 14.8. The summed E-state index contributed by atoms with van der Waals surface area (Å²) in [6.07, 6.45) is 6.31. The molecule has 4 aromatic rings. The molecule has 4 rings (SSSR count). The van der Waals surface area contributed by atoms with Crippen LogP contribution in [0.25, 0.3) is 15.9 Å². The minimum absolute atomic E-state index is 0.0916. The first kappa shape index (κ1) is 16.5. The first-order valence-corrected chi connectivity index (χ1v) is 9.20. The maximum absolute atomic E-state index is 12.3. The number of amides is 1. The summed E-state index contributed by atoms with van der Waals surface area (Å²) in [6, 6.07) is 7.60. The molecule has 0 fully saturated rings. The van der Waals surface area contributed by atoms with E-state index in [1.165, 1.54) is 22.2 Å². The average Bonchev–Trinajstić information content (AvgIpc) is 3.27. The van der Waals surface area contributed by atoms with Crippen LogP contribution < -0.4 is 10.9 Å². The van der Waals surface area contributed by atoms with Crippen molar-refractivity contribution >= 4 is 33.1 Å². The van der Waals surface area contributed by atoms with Gasteiger partial charge in [0.2, 0.25) is 5.91 Å². The van der Waals surface area contributed by atoms with Gasteiger partial charge in [0.15, 0.2) is 0 Å². The van der Waals surface area contributed by atoms with Crippen LogP contribution in [0.4, 0.5) is 0 Å². The van der Waals surface area contributed by atoms with Crippen molar-refractivity contribution in [3.8, 4) is 0 Å². The Bertz CT molecular complexity index is 1090. The van der Waals surface area contributed by atoms with Crippen molar-refractivity contribution in [2.45, 2.75) is 19.4 Å². The highest BCUT2D eigenvalue weighted by molar-refractivity contribution is 7.16. The number of hydrogen-bond acceptors (Lipinski definition) is 5. The van der Waals surface area contributed by atoms with Gasteiger partial charge in [-0.3, -0.25) is 14.2 Å². The molecule has 8 heteroatoms. The van der Waals surface area contributed by atoms with Crippen molar-refractivity contribution in [3.63, 3.8) is 0 Å². The number of aryl methyl sites for hydroxylation is 1. The number of carbonyl (C=O) groups is 1. The lowest BCUT2D eigenvalue weighted by molar-refractivity contribution is -0.121. The molecule has 7 nitrogen and oxygen atoms in total. The SMILES string of the molecule is O=C(CCn1cnc2sccc2c1=O)NCCc1cn2ccccc2n1. The second kappa shape index (κ2) is 7.09. The number of fused-ring (bicyclic) bond motifs is 2. The Morgan fingerprint density at radius 3 is 3.08 bits per heavy atom. The van der Waals surface area contributed by atoms with Crippen LogP contribution in [0.15, 0.2) is 53.2 Å². The molecule has 4 heterocycles. The number of carbonyl (C=O) groups excluding carboxylic acids is 1. The van der Waals surface area contributed by atoms with Crippen LogP contribution in [-0.4, -0.2) is 31.4 Å². The predicted molar refractivity (Wildman–Crippen MR) is 100 cm³/mol. The molecule has 1 amide bonds. The first-order chi connectivity index (χ1) is 12.7. The number of rotatable bonds is 6. The third kappa shape index (κ3) is 3.36. The summed E-state index contributed by atoms with van der Waals surface area (Å²) < 4.78 is 3.44. The fraction of sp³-hybridized carbons (Fsp3) is 0.222. The lowest BCUT2D eigenvalue weighted by Crippen LogP contribution is -2.28. The number of aromatic nitrogens is 4. The monoisotopic (exact) mass is 367 g/mol. The van der Waals surface area contributed by atoms with E-state index in [1.807, 2.05) is 40.4 Å². The van der Waals surface area contributed by atoms with Crippen molar-refractivity contribution in [3.05, 3.63) is 64.4 Å². The number of pyridine rings is 1. The Hall–Kier alpha value is -3.00. The van der Waals surface area contributed by atoms with E-state index < -0.39 is 0 Å². The van der Waals surface area contributed by atoms with Gasteiger partial charge in [-0.1, -0.05) is 6.07 Å². The van der Waals surface area contributed by atoms with Crippen molar-refractivity contribution in [2.75, 3.05) is 6.54 Å². The summed E-state index contributed by atoms with van der Waals surface area (Å²) in [6.45, 7) is 0.831. The van der Waals surface area contributed by atoms with Gasteiger partial charge in [0.25, 0.3) is 5.56 Å². The Balaban J connectivity index is 1.29. The second-order valence-electron chi connectivity index (χ2n) is 5.93. The maximum atomic E-state index is 12.3. The van der Waals surface area contributed by atoms with Gasteiger partial charge < -0.3 is 9.72 Å². The van der Waals surface area contributed by atoms with E-state index in [0.29, 0.717) is 24.9 Å². The summed E-state index contributed by atoms with van der Waals surface area (Å²) in [7, 11) is 0. The quantitative estimate of drug-likeness (QED) is 0.564. The molecular weight excluding hydrogens is 350 g/mol. The molecule has 0 radical (unpaired) electrons. The van der Waals surface area contributed by atoms with Gasteiger partial charge in [-0.25, -0.2) is 9.97 Å². The van der Waals surface area contributed by atoms with Gasteiger partial charge in [-0.2, -0.15) is 0 Å². The maximum Gasteiger partial charge on any atom is 0.262 e. The second-order valence-corrected chi connectivity index (χ2v) is 6.83. The summed E-state index contributed by atoms with van der Waals surface area (Å²) in [5.74, 6) is -0.0916. The van der Waals surface area contributed by atoms with E-state index in [2.05, 4.69) is 15.3 Å². The van der Waals surface area contributed by atoms with Crippen LogP contribution in [0.2, 0.25) is 0 Å². The highest BCUT2D eigenvalue weighted by atomic mass is 32.1. The number of nitrogens with one attached hydrogen (secondary N) is 1. The highest BCUT2D eigenvalue weighted by Gasteiger charge is 2.08. The molecule has 0 atom stereocenters. The van der Waals surface area contributed by atoms with E-state index in [1.54, 1.807) is 6.07 Å². The Morgan fingerprint density at radius 1 is 1.27 bits per heavy atom. The number of thiophene rings is 1. The molecule has 132 valence electrons. The summed E-state index contributed by atoms with van der Waals surface area (Å²) in [4.78, 5) is 33.8. The van der Waals surface area contributed by atoms with Crippen molar-refractivity contribution < 1.29 is 4.79 Å². The minimum atomic E-state index is -0.103. The molecule has 0 aromatic carbocycles. The molecular formula is C18H17N5O2S. The van der Waals surface area contributed by atoms with Gasteiger partial charge in [0, 0.05) is 38.3 Å². The third-order valence-corrected chi connectivity index (χ3v) is 4.97. The van der Waals surface area contributed by atoms with Crippen molar-refractivity contribution in [1.29, 1.82) is 0 Å². The van der Waals surface area contributed by atoms with Crippen LogP contribution in [0.5, 0.6) is 0 Å². The first-order valence-electron chi connectivity index (χ1n) is 8.33. The van der Waals surface area contributed by atoms with E-state index in [4.69, 9.17) is 0 Å². The zero-order chi connectivity index (χ0) is 17.9. The van der Waals surface area contributed by atoms with E-state index in [0.717, 1.165) is 16.2 Å². The van der Waals surface area contributed by atoms with E-state index in [-0.39, 0.29) is 17.9 Å². The average molecular weight is 367 g/mol. The minimum Gasteiger partial charge on any atom is -0.356 e. The van der Waals surface area contributed by atoms with Crippen LogP contribution in [0.1, 0.15) is 12.1 Å². The Kier molecular flexibility index (Phi) is 4.49. The van der Waals surface area contributed by atoms with Gasteiger partial charge >= 0.3 is 0 Å². The highest BCUT2D eigenvalue weighted by Crippen LogP contribution is 2.13. The molecule has 0 bridgehead atoms. The molecule has 1 N–H and O–H groups in total. The topological polar surface area (TPSA) is 81.3 Å². The Labute approximate surface area is 152 Å². The predicted octanol–water partition coefficient (Wildman–Crippen LogP) is 1.85. The molecule has 26 heavy (non-hydrogen) atoms. The summed E-state index contributed by atoms with van der Waals surface area (Å²) in [5, 5.41) is 5.32. The molecule has 0 aliphatic carbocycles. The smallest absolute Gasteiger partial charge is 0.262 e. The van der Waals surface area contributed by atoms with Crippen LogP contribution in [0, 0.1) is 0 Å². The Morgan fingerprint density at radius 2 is 2.19 bits per heavy atom. The van der Waals surface area contributed by atoms with Crippen LogP contribution >= 0.6 is 11.3 Å². The fourth-order valence-electron chi connectivity index (χ4n) is 2.80. The number of imidazole rings is 1. The van der Waals surface area contributed by atoms with Gasteiger partial charge in [-0.05, 0) is 23.6 Å². The van der Waals surface area contributed by atoms with Crippen molar-refractivity contribution in [1.82, 2.24) is 24.3 Å². The normalized spacial score (nSPS) is 11.2. The fourth-order valence-corrected chi connectivity index (χ4v) is 3.52. The zero-order valence-electron chi connectivity index (χ0n) is 14.0. The van der Waals surface area contributed by atoms with E-state index >= 15 is 0 Å². The molecule has 0 saturated carbocycles.